The van der Waals surface area contributed by atoms with E-state index in [1.807, 2.05) is 24.6 Å². The minimum Gasteiger partial charge on any atom is -0.345 e. The van der Waals surface area contributed by atoms with Crippen molar-refractivity contribution in [2.45, 2.75) is 45.2 Å². The molecule has 0 aliphatic carbocycles. The Bertz CT molecular complexity index is 337. The summed E-state index contributed by atoms with van der Waals surface area (Å²) in [6, 6.07) is 1.06. The SMILES string of the molecule is CNC(C)c1cnc(N2CCCCC2C)s1. The van der Waals surface area contributed by atoms with Gasteiger partial charge in [0, 0.05) is 29.7 Å². The summed E-state index contributed by atoms with van der Waals surface area (Å²) >= 11 is 1.83. The van der Waals surface area contributed by atoms with Crippen molar-refractivity contribution >= 4 is 16.5 Å². The van der Waals surface area contributed by atoms with E-state index in [0.717, 1.165) is 0 Å². The van der Waals surface area contributed by atoms with Crippen LogP contribution in [0, 0.1) is 0 Å². The van der Waals surface area contributed by atoms with E-state index in [1.54, 1.807) is 0 Å². The molecule has 1 saturated heterocycles. The van der Waals surface area contributed by atoms with Crippen LogP contribution in [0.5, 0.6) is 0 Å². The quantitative estimate of drug-likeness (QED) is 0.879. The Morgan fingerprint density at radius 3 is 3.06 bits per heavy atom. The summed E-state index contributed by atoms with van der Waals surface area (Å²) in [4.78, 5) is 8.35. The molecule has 4 heteroatoms. The van der Waals surface area contributed by atoms with Crippen LogP contribution in [-0.4, -0.2) is 24.6 Å². The molecule has 0 aromatic carbocycles. The minimum atomic E-state index is 0.409. The van der Waals surface area contributed by atoms with Gasteiger partial charge in [0.15, 0.2) is 5.13 Å². The first-order valence-electron chi connectivity index (χ1n) is 6.12. The fraction of sp³-hybridized carbons (Fsp3) is 0.750. The molecule has 16 heavy (non-hydrogen) atoms. The molecule has 0 bridgehead atoms. The topological polar surface area (TPSA) is 28.2 Å². The summed E-state index contributed by atoms with van der Waals surface area (Å²) in [7, 11) is 1.99. The van der Waals surface area contributed by atoms with Gasteiger partial charge >= 0.3 is 0 Å². The third-order valence-corrected chi connectivity index (χ3v) is 4.64. The Morgan fingerprint density at radius 1 is 1.56 bits per heavy atom. The Hall–Kier alpha value is -0.610. The molecule has 0 saturated carbocycles. The van der Waals surface area contributed by atoms with Crippen molar-refractivity contribution in [3.05, 3.63) is 11.1 Å². The first kappa shape index (κ1) is 11.9. The van der Waals surface area contributed by atoms with Crippen molar-refractivity contribution in [2.24, 2.45) is 0 Å². The Kier molecular flexibility index (Phi) is 3.82. The van der Waals surface area contributed by atoms with Crippen molar-refractivity contribution < 1.29 is 0 Å². The molecular formula is C12H21N3S. The maximum Gasteiger partial charge on any atom is 0.185 e. The van der Waals surface area contributed by atoms with E-state index < -0.39 is 0 Å². The highest BCUT2D eigenvalue weighted by atomic mass is 32.1. The molecule has 1 fully saturated rings. The second-order valence-corrected chi connectivity index (χ2v) is 5.63. The first-order chi connectivity index (χ1) is 7.72. The second-order valence-electron chi connectivity index (χ2n) is 4.59. The maximum absolute atomic E-state index is 4.56. The number of anilines is 1. The molecule has 0 radical (unpaired) electrons. The van der Waals surface area contributed by atoms with Crippen molar-refractivity contribution in [1.29, 1.82) is 0 Å². The molecule has 1 aromatic heterocycles. The summed E-state index contributed by atoms with van der Waals surface area (Å²) in [5, 5.41) is 4.46. The standard InChI is InChI=1S/C12H21N3S/c1-9-6-4-5-7-15(9)12-14-8-11(16-12)10(2)13-3/h8-10,13H,4-7H2,1-3H3. The van der Waals surface area contributed by atoms with E-state index in [-0.39, 0.29) is 0 Å². The third-order valence-electron chi connectivity index (χ3n) is 3.42. The minimum absolute atomic E-state index is 0.409. The van der Waals surface area contributed by atoms with Crippen LogP contribution in [0.4, 0.5) is 5.13 Å². The fourth-order valence-electron chi connectivity index (χ4n) is 2.13. The smallest absolute Gasteiger partial charge is 0.185 e. The monoisotopic (exact) mass is 239 g/mol. The van der Waals surface area contributed by atoms with Crippen LogP contribution in [0.25, 0.3) is 0 Å². The van der Waals surface area contributed by atoms with Crippen LogP contribution >= 0.6 is 11.3 Å². The van der Waals surface area contributed by atoms with Gasteiger partial charge in [-0.05, 0) is 40.2 Å². The average molecular weight is 239 g/mol. The van der Waals surface area contributed by atoms with Gasteiger partial charge in [-0.15, -0.1) is 11.3 Å². The summed E-state index contributed by atoms with van der Waals surface area (Å²) in [5.41, 5.74) is 0. The summed E-state index contributed by atoms with van der Waals surface area (Å²) in [6.07, 6.45) is 5.99. The Balaban J connectivity index is 2.11. The van der Waals surface area contributed by atoms with Gasteiger partial charge in [0.1, 0.15) is 0 Å². The summed E-state index contributed by atoms with van der Waals surface area (Å²) in [5.74, 6) is 0. The molecule has 2 rings (SSSR count). The summed E-state index contributed by atoms with van der Waals surface area (Å²) < 4.78 is 0. The number of aromatic nitrogens is 1. The van der Waals surface area contributed by atoms with Gasteiger partial charge < -0.3 is 10.2 Å². The molecule has 0 spiro atoms. The highest BCUT2D eigenvalue weighted by Gasteiger charge is 2.21. The zero-order valence-electron chi connectivity index (χ0n) is 10.4. The largest absolute Gasteiger partial charge is 0.345 e. The van der Waals surface area contributed by atoms with Gasteiger partial charge in [-0.25, -0.2) is 4.98 Å². The van der Waals surface area contributed by atoms with Crippen molar-refractivity contribution in [2.75, 3.05) is 18.5 Å². The number of nitrogens with one attached hydrogen (secondary N) is 1. The van der Waals surface area contributed by atoms with Gasteiger partial charge in [0.2, 0.25) is 0 Å². The van der Waals surface area contributed by atoms with E-state index in [9.17, 15) is 0 Å². The van der Waals surface area contributed by atoms with Crippen LogP contribution in [0.3, 0.4) is 0 Å². The molecule has 1 aliphatic rings. The molecule has 0 amide bonds. The average Bonchev–Trinajstić information content (AvgIpc) is 2.78. The Morgan fingerprint density at radius 2 is 2.38 bits per heavy atom. The lowest BCUT2D eigenvalue weighted by atomic mass is 10.1. The lowest BCUT2D eigenvalue weighted by Gasteiger charge is -2.33. The highest BCUT2D eigenvalue weighted by Crippen LogP contribution is 2.31. The third kappa shape index (κ3) is 2.38. The van der Waals surface area contributed by atoms with E-state index in [1.165, 1.54) is 35.8 Å². The van der Waals surface area contributed by atoms with E-state index in [0.29, 0.717) is 12.1 Å². The van der Waals surface area contributed by atoms with Gasteiger partial charge in [-0.3, -0.25) is 0 Å². The van der Waals surface area contributed by atoms with Crippen LogP contribution in [-0.2, 0) is 0 Å². The number of piperidine rings is 1. The van der Waals surface area contributed by atoms with Gasteiger partial charge in [0.05, 0.1) is 0 Å². The van der Waals surface area contributed by atoms with Crippen molar-refractivity contribution in [3.63, 3.8) is 0 Å². The van der Waals surface area contributed by atoms with Gasteiger partial charge in [-0.1, -0.05) is 0 Å². The molecule has 90 valence electrons. The number of hydrogen-bond acceptors (Lipinski definition) is 4. The first-order valence-corrected chi connectivity index (χ1v) is 6.93. The number of nitrogens with zero attached hydrogens (tertiary/aromatic N) is 2. The van der Waals surface area contributed by atoms with Crippen LogP contribution in [0.1, 0.15) is 44.0 Å². The fourth-order valence-corrected chi connectivity index (χ4v) is 3.24. The molecular weight excluding hydrogens is 218 g/mol. The number of rotatable bonds is 3. The number of hydrogen-bond donors (Lipinski definition) is 1. The van der Waals surface area contributed by atoms with Crippen LogP contribution in [0.2, 0.25) is 0 Å². The lowest BCUT2D eigenvalue weighted by molar-refractivity contribution is 0.484. The predicted octanol–water partition coefficient (Wildman–Crippen LogP) is 2.80. The molecule has 1 N–H and O–H groups in total. The summed E-state index contributed by atoms with van der Waals surface area (Å²) in [6.45, 7) is 5.65. The van der Waals surface area contributed by atoms with Gasteiger partial charge in [-0.2, -0.15) is 0 Å². The van der Waals surface area contributed by atoms with Gasteiger partial charge in [0.25, 0.3) is 0 Å². The van der Waals surface area contributed by atoms with E-state index >= 15 is 0 Å². The normalized spacial score (nSPS) is 23.4. The molecule has 1 aromatic rings. The molecule has 2 atom stereocenters. The number of thiazole rings is 1. The zero-order chi connectivity index (χ0) is 11.5. The molecule has 3 nitrogen and oxygen atoms in total. The lowest BCUT2D eigenvalue weighted by Crippen LogP contribution is -2.37. The van der Waals surface area contributed by atoms with E-state index in [2.05, 4.69) is 29.0 Å². The van der Waals surface area contributed by atoms with Crippen molar-refractivity contribution in [3.8, 4) is 0 Å². The van der Waals surface area contributed by atoms with Crippen LogP contribution in [0.15, 0.2) is 6.20 Å². The van der Waals surface area contributed by atoms with E-state index in [4.69, 9.17) is 0 Å². The molecule has 1 aliphatic heterocycles. The highest BCUT2D eigenvalue weighted by molar-refractivity contribution is 7.15. The second kappa shape index (κ2) is 5.15. The predicted molar refractivity (Wildman–Crippen MR) is 70.2 cm³/mol. The molecule has 2 heterocycles. The zero-order valence-corrected chi connectivity index (χ0v) is 11.2. The van der Waals surface area contributed by atoms with Crippen LogP contribution < -0.4 is 10.2 Å². The van der Waals surface area contributed by atoms with Crippen molar-refractivity contribution in [1.82, 2.24) is 10.3 Å². The Labute approximate surface area is 102 Å². The maximum atomic E-state index is 4.56. The molecule has 2 unspecified atom stereocenters.